The Morgan fingerprint density at radius 1 is 0.903 bits per heavy atom. The Balaban J connectivity index is 1.92. The van der Waals surface area contributed by atoms with E-state index in [4.69, 9.17) is 5.11 Å². The van der Waals surface area contributed by atoms with Gasteiger partial charge in [-0.3, -0.25) is 9.78 Å². The number of pyridine rings is 1. The van der Waals surface area contributed by atoms with Crippen molar-refractivity contribution in [1.82, 2.24) is 9.29 Å². The third-order valence-corrected chi connectivity index (χ3v) is 6.29. The summed E-state index contributed by atoms with van der Waals surface area (Å²) in [7, 11) is -3.89. The van der Waals surface area contributed by atoms with Gasteiger partial charge >= 0.3 is 5.97 Å². The van der Waals surface area contributed by atoms with Gasteiger partial charge in [0.05, 0.1) is 10.5 Å². The maximum absolute atomic E-state index is 13.4. The first-order valence-corrected chi connectivity index (χ1v) is 10.8. The van der Waals surface area contributed by atoms with Crippen molar-refractivity contribution in [2.45, 2.75) is 24.9 Å². The zero-order valence-corrected chi connectivity index (χ0v) is 17.5. The van der Waals surface area contributed by atoms with Gasteiger partial charge in [0, 0.05) is 38.1 Å². The molecule has 0 unspecified atom stereocenters. The lowest BCUT2D eigenvalue weighted by Crippen LogP contribution is -2.30. The number of sulfonamides is 1. The fourth-order valence-electron chi connectivity index (χ4n) is 2.94. The molecule has 1 heterocycles. The van der Waals surface area contributed by atoms with Crippen molar-refractivity contribution in [3.05, 3.63) is 89.7 Å². The fraction of sp³-hybridized carbons (Fsp3) is 0.136. The molecule has 2 N–H and O–H groups in total. The van der Waals surface area contributed by atoms with Crippen LogP contribution in [0.25, 0.3) is 0 Å². The topological polar surface area (TPSA) is 117 Å². The lowest BCUT2D eigenvalue weighted by molar-refractivity contribution is -0.114. The van der Waals surface area contributed by atoms with Crippen LogP contribution in [0.4, 0.5) is 5.69 Å². The van der Waals surface area contributed by atoms with Crippen molar-refractivity contribution in [3.63, 3.8) is 0 Å². The molecule has 3 rings (SSSR count). The summed E-state index contributed by atoms with van der Waals surface area (Å²) in [6.45, 7) is 1.54. The van der Waals surface area contributed by atoms with Gasteiger partial charge in [-0.2, -0.15) is 4.31 Å². The first-order chi connectivity index (χ1) is 14.8. The van der Waals surface area contributed by atoms with Gasteiger partial charge in [-0.05, 0) is 59.7 Å². The Labute approximate surface area is 180 Å². The second-order valence-electron chi connectivity index (χ2n) is 6.84. The highest BCUT2D eigenvalue weighted by molar-refractivity contribution is 7.89. The van der Waals surface area contributed by atoms with Gasteiger partial charge in [-0.1, -0.05) is 12.1 Å². The minimum atomic E-state index is -3.89. The second kappa shape index (κ2) is 9.50. The monoisotopic (exact) mass is 439 g/mol. The van der Waals surface area contributed by atoms with E-state index in [2.05, 4.69) is 10.3 Å². The van der Waals surface area contributed by atoms with Crippen LogP contribution in [0.2, 0.25) is 0 Å². The molecule has 160 valence electrons. The van der Waals surface area contributed by atoms with E-state index in [-0.39, 0.29) is 29.5 Å². The van der Waals surface area contributed by atoms with E-state index in [1.54, 1.807) is 36.7 Å². The lowest BCUT2D eigenvalue weighted by Gasteiger charge is -2.23. The normalized spacial score (nSPS) is 11.3. The summed E-state index contributed by atoms with van der Waals surface area (Å²) in [5, 5.41) is 11.7. The van der Waals surface area contributed by atoms with Crippen LogP contribution in [0.15, 0.2) is 78.0 Å². The van der Waals surface area contributed by atoms with Crippen LogP contribution in [-0.4, -0.2) is 34.7 Å². The summed E-state index contributed by atoms with van der Waals surface area (Å²) in [5.41, 5.74) is 2.03. The van der Waals surface area contributed by atoms with Gasteiger partial charge in [-0.15, -0.1) is 0 Å². The second-order valence-corrected chi connectivity index (χ2v) is 8.77. The maximum atomic E-state index is 13.4. The van der Waals surface area contributed by atoms with Gasteiger partial charge in [0.15, 0.2) is 0 Å². The Kier molecular flexibility index (Phi) is 6.78. The minimum Gasteiger partial charge on any atom is -0.478 e. The van der Waals surface area contributed by atoms with Gasteiger partial charge in [-0.25, -0.2) is 13.2 Å². The van der Waals surface area contributed by atoms with Gasteiger partial charge in [0.25, 0.3) is 0 Å². The summed E-state index contributed by atoms with van der Waals surface area (Å²) in [6.07, 6.45) is 3.17. The number of hydrogen-bond acceptors (Lipinski definition) is 5. The molecule has 8 nitrogen and oxygen atoms in total. The highest BCUT2D eigenvalue weighted by Crippen LogP contribution is 2.23. The van der Waals surface area contributed by atoms with E-state index in [1.807, 2.05) is 0 Å². The fourth-order valence-corrected chi connectivity index (χ4v) is 4.35. The molecule has 0 aliphatic heterocycles. The quantitative estimate of drug-likeness (QED) is 0.557. The predicted octanol–water partition coefficient (Wildman–Crippen LogP) is 3.13. The molecule has 31 heavy (non-hydrogen) atoms. The number of carbonyl (C=O) groups is 2. The number of aromatic nitrogens is 1. The van der Waals surface area contributed by atoms with Crippen LogP contribution in [0.1, 0.15) is 28.4 Å². The van der Waals surface area contributed by atoms with Crippen LogP contribution in [0.3, 0.4) is 0 Å². The number of carbonyl (C=O) groups excluding carboxylic acids is 1. The molecule has 9 heteroatoms. The first-order valence-electron chi connectivity index (χ1n) is 9.34. The maximum Gasteiger partial charge on any atom is 0.335 e. The summed E-state index contributed by atoms with van der Waals surface area (Å²) in [5.74, 6) is -1.30. The van der Waals surface area contributed by atoms with Crippen LogP contribution in [0, 0.1) is 0 Å². The molecule has 1 amide bonds. The van der Waals surface area contributed by atoms with E-state index >= 15 is 0 Å². The first kappa shape index (κ1) is 22.1. The van der Waals surface area contributed by atoms with Crippen molar-refractivity contribution in [1.29, 1.82) is 0 Å². The Hall–Kier alpha value is -3.56. The molecule has 3 aromatic rings. The molecule has 0 atom stereocenters. The zero-order valence-electron chi connectivity index (χ0n) is 16.7. The van der Waals surface area contributed by atoms with E-state index in [0.29, 0.717) is 11.3 Å². The molecule has 0 radical (unpaired) electrons. The number of nitrogens with zero attached hydrogens (tertiary/aromatic N) is 2. The van der Waals surface area contributed by atoms with E-state index in [1.165, 1.54) is 47.6 Å². The third kappa shape index (κ3) is 5.74. The molecule has 0 aliphatic rings. The average molecular weight is 439 g/mol. The molecule has 0 saturated heterocycles. The third-order valence-electron chi connectivity index (χ3n) is 4.48. The SMILES string of the molecule is CC(=O)Nc1ccc(S(=O)(=O)N(Cc2ccncc2)Cc2ccc(C(=O)O)cc2)cc1. The van der Waals surface area contributed by atoms with Crippen molar-refractivity contribution in [3.8, 4) is 0 Å². The van der Waals surface area contributed by atoms with Crippen LogP contribution >= 0.6 is 0 Å². The van der Waals surface area contributed by atoms with E-state index in [0.717, 1.165) is 5.56 Å². The number of amides is 1. The highest BCUT2D eigenvalue weighted by Gasteiger charge is 2.25. The number of benzene rings is 2. The molecule has 0 aliphatic carbocycles. The Morgan fingerprint density at radius 3 is 1.97 bits per heavy atom. The van der Waals surface area contributed by atoms with Gasteiger partial charge < -0.3 is 10.4 Å². The van der Waals surface area contributed by atoms with Crippen molar-refractivity contribution in [2.24, 2.45) is 0 Å². The smallest absolute Gasteiger partial charge is 0.335 e. The molecule has 0 spiro atoms. The van der Waals surface area contributed by atoms with Gasteiger partial charge in [0.1, 0.15) is 0 Å². The molecule has 2 aromatic carbocycles. The Morgan fingerprint density at radius 2 is 1.45 bits per heavy atom. The molecule has 1 aromatic heterocycles. The number of anilines is 1. The van der Waals surface area contributed by atoms with Gasteiger partial charge in [0.2, 0.25) is 15.9 Å². The summed E-state index contributed by atoms with van der Waals surface area (Å²) >= 11 is 0. The number of hydrogen-bond donors (Lipinski definition) is 2. The molecular weight excluding hydrogens is 418 g/mol. The van der Waals surface area contributed by atoms with Crippen molar-refractivity contribution >= 4 is 27.6 Å². The lowest BCUT2D eigenvalue weighted by atomic mass is 10.1. The van der Waals surface area contributed by atoms with E-state index < -0.39 is 16.0 Å². The molecule has 0 saturated carbocycles. The predicted molar refractivity (Wildman–Crippen MR) is 115 cm³/mol. The number of carboxylic acids is 1. The summed E-state index contributed by atoms with van der Waals surface area (Å²) in [6, 6.07) is 15.5. The van der Waals surface area contributed by atoms with Crippen molar-refractivity contribution < 1.29 is 23.1 Å². The Bertz CT molecular complexity index is 1160. The minimum absolute atomic E-state index is 0.0536. The number of rotatable bonds is 8. The van der Waals surface area contributed by atoms with E-state index in [9.17, 15) is 18.0 Å². The molecule has 0 bridgehead atoms. The highest BCUT2D eigenvalue weighted by atomic mass is 32.2. The summed E-state index contributed by atoms with van der Waals surface area (Å²) < 4.78 is 28.1. The number of aromatic carboxylic acids is 1. The average Bonchev–Trinajstić information content (AvgIpc) is 2.74. The summed E-state index contributed by atoms with van der Waals surface area (Å²) in [4.78, 5) is 26.3. The van der Waals surface area contributed by atoms with Crippen molar-refractivity contribution in [2.75, 3.05) is 5.32 Å². The zero-order chi connectivity index (χ0) is 22.4. The standard InChI is InChI=1S/C22H21N3O5S/c1-16(26)24-20-6-8-21(9-7-20)31(29,30)25(15-18-10-12-23-13-11-18)14-17-2-4-19(5-3-17)22(27)28/h2-13H,14-15H2,1H3,(H,24,26)(H,27,28). The largest absolute Gasteiger partial charge is 0.478 e. The molecular formula is C22H21N3O5S. The van der Waals surface area contributed by atoms with Crippen LogP contribution in [0.5, 0.6) is 0 Å². The van der Waals surface area contributed by atoms with Crippen LogP contribution in [-0.2, 0) is 27.9 Å². The van der Waals surface area contributed by atoms with Crippen LogP contribution < -0.4 is 5.32 Å². The number of nitrogens with one attached hydrogen (secondary N) is 1. The number of carboxylic acid groups (broad SMARTS) is 1. The molecule has 0 fully saturated rings.